The van der Waals surface area contributed by atoms with Crippen LogP contribution in [0.5, 0.6) is 0 Å². The molecule has 0 atom stereocenters. The summed E-state index contributed by atoms with van der Waals surface area (Å²) in [7, 11) is 1.51. The lowest BCUT2D eigenvalue weighted by molar-refractivity contribution is 0.156. The minimum absolute atomic E-state index is 0.261. The quantitative estimate of drug-likeness (QED) is 0.867. The SMILES string of the molecule is CN(CC(F)F)c1nccc(CN)c1Cl. The molecule has 1 aromatic heterocycles. The highest BCUT2D eigenvalue weighted by Crippen LogP contribution is 2.26. The first-order chi connectivity index (χ1) is 7.06. The predicted molar refractivity (Wildman–Crippen MR) is 56.4 cm³/mol. The molecule has 0 aliphatic heterocycles. The Balaban J connectivity index is 2.93. The molecule has 0 fully saturated rings. The molecule has 0 bridgehead atoms. The molecule has 0 unspecified atom stereocenters. The van der Waals surface area contributed by atoms with E-state index in [4.69, 9.17) is 17.3 Å². The van der Waals surface area contributed by atoms with Gasteiger partial charge in [-0.1, -0.05) is 11.6 Å². The topological polar surface area (TPSA) is 42.2 Å². The average Bonchev–Trinajstić information content (AvgIpc) is 2.17. The molecule has 0 amide bonds. The summed E-state index contributed by atoms with van der Waals surface area (Å²) in [6.07, 6.45) is -0.917. The van der Waals surface area contributed by atoms with E-state index in [0.717, 1.165) is 0 Å². The van der Waals surface area contributed by atoms with E-state index in [2.05, 4.69) is 4.98 Å². The van der Waals surface area contributed by atoms with Crippen LogP contribution in [0.2, 0.25) is 5.02 Å². The van der Waals surface area contributed by atoms with Gasteiger partial charge in [-0.05, 0) is 11.6 Å². The van der Waals surface area contributed by atoms with Crippen LogP contribution >= 0.6 is 11.6 Å². The summed E-state index contributed by atoms with van der Waals surface area (Å²) in [4.78, 5) is 5.26. The molecule has 1 aromatic rings. The van der Waals surface area contributed by atoms with Gasteiger partial charge in [0.15, 0.2) is 0 Å². The second-order valence-corrected chi connectivity index (χ2v) is 3.46. The molecule has 15 heavy (non-hydrogen) atoms. The molecule has 0 aromatic carbocycles. The van der Waals surface area contributed by atoms with Crippen LogP contribution in [-0.4, -0.2) is 25.0 Å². The molecule has 1 heterocycles. The number of rotatable bonds is 4. The van der Waals surface area contributed by atoms with Gasteiger partial charge in [-0.3, -0.25) is 0 Å². The molecule has 2 N–H and O–H groups in total. The highest BCUT2D eigenvalue weighted by molar-refractivity contribution is 6.33. The van der Waals surface area contributed by atoms with Crippen molar-refractivity contribution in [3.8, 4) is 0 Å². The number of nitrogens with two attached hydrogens (primary N) is 1. The van der Waals surface area contributed by atoms with E-state index < -0.39 is 13.0 Å². The lowest BCUT2D eigenvalue weighted by Gasteiger charge is -2.19. The fourth-order valence-electron chi connectivity index (χ4n) is 1.19. The Bertz CT molecular complexity index is 333. The van der Waals surface area contributed by atoms with E-state index >= 15 is 0 Å². The lowest BCUT2D eigenvalue weighted by atomic mass is 10.2. The molecule has 0 radical (unpaired) electrons. The Labute approximate surface area is 91.8 Å². The molecule has 84 valence electrons. The molecule has 0 saturated heterocycles. The molecular formula is C9H12ClF2N3. The van der Waals surface area contributed by atoms with Gasteiger partial charge in [0.25, 0.3) is 6.43 Å². The molecule has 0 spiro atoms. The van der Waals surface area contributed by atoms with Crippen molar-refractivity contribution in [2.24, 2.45) is 5.73 Å². The third-order valence-electron chi connectivity index (χ3n) is 1.94. The summed E-state index contributed by atoms with van der Waals surface area (Å²) in [5.41, 5.74) is 6.14. The van der Waals surface area contributed by atoms with Gasteiger partial charge < -0.3 is 10.6 Å². The van der Waals surface area contributed by atoms with Crippen LogP contribution in [0.3, 0.4) is 0 Å². The minimum atomic E-state index is -2.42. The van der Waals surface area contributed by atoms with Gasteiger partial charge in [-0.2, -0.15) is 0 Å². The van der Waals surface area contributed by atoms with Crippen LogP contribution in [0.1, 0.15) is 5.56 Å². The summed E-state index contributed by atoms with van der Waals surface area (Å²) >= 11 is 5.96. The van der Waals surface area contributed by atoms with Gasteiger partial charge in [-0.25, -0.2) is 13.8 Å². The van der Waals surface area contributed by atoms with Gasteiger partial charge in [0.05, 0.1) is 11.6 Å². The van der Waals surface area contributed by atoms with Gasteiger partial charge in [-0.15, -0.1) is 0 Å². The molecule has 0 aliphatic rings. The van der Waals surface area contributed by atoms with Gasteiger partial charge >= 0.3 is 0 Å². The van der Waals surface area contributed by atoms with E-state index in [1.54, 1.807) is 6.07 Å². The maximum atomic E-state index is 12.1. The van der Waals surface area contributed by atoms with E-state index in [-0.39, 0.29) is 6.54 Å². The highest BCUT2D eigenvalue weighted by Gasteiger charge is 2.14. The van der Waals surface area contributed by atoms with Gasteiger partial charge in [0.2, 0.25) is 0 Å². The van der Waals surface area contributed by atoms with Crippen molar-refractivity contribution in [3.63, 3.8) is 0 Å². The van der Waals surface area contributed by atoms with Gasteiger partial charge in [0, 0.05) is 19.8 Å². The van der Waals surface area contributed by atoms with Crippen LogP contribution in [-0.2, 0) is 6.54 Å². The zero-order chi connectivity index (χ0) is 11.4. The maximum absolute atomic E-state index is 12.1. The van der Waals surface area contributed by atoms with Crippen molar-refractivity contribution in [2.75, 3.05) is 18.5 Å². The highest BCUT2D eigenvalue weighted by atomic mass is 35.5. The molecule has 6 heteroatoms. The Morgan fingerprint density at radius 1 is 1.60 bits per heavy atom. The summed E-state index contributed by atoms with van der Waals surface area (Å²) in [6, 6.07) is 1.67. The summed E-state index contributed by atoms with van der Waals surface area (Å²) in [5.74, 6) is 0.333. The summed E-state index contributed by atoms with van der Waals surface area (Å²) < 4.78 is 24.3. The van der Waals surface area contributed by atoms with Crippen LogP contribution in [0.15, 0.2) is 12.3 Å². The zero-order valence-corrected chi connectivity index (χ0v) is 9.01. The fourth-order valence-corrected chi connectivity index (χ4v) is 1.52. The number of hydrogen-bond donors (Lipinski definition) is 1. The van der Waals surface area contributed by atoms with Crippen molar-refractivity contribution in [2.45, 2.75) is 13.0 Å². The van der Waals surface area contributed by atoms with Crippen molar-refractivity contribution in [1.82, 2.24) is 4.98 Å². The fraction of sp³-hybridized carbons (Fsp3) is 0.444. The summed E-state index contributed by atoms with van der Waals surface area (Å²) in [5, 5.41) is 0.336. The smallest absolute Gasteiger partial charge is 0.255 e. The number of aromatic nitrogens is 1. The van der Waals surface area contributed by atoms with Crippen molar-refractivity contribution < 1.29 is 8.78 Å². The first-order valence-electron chi connectivity index (χ1n) is 4.39. The number of nitrogens with zero attached hydrogens (tertiary/aromatic N) is 2. The van der Waals surface area contributed by atoms with Crippen LogP contribution in [0.25, 0.3) is 0 Å². The normalized spacial score (nSPS) is 10.8. The monoisotopic (exact) mass is 235 g/mol. The zero-order valence-electron chi connectivity index (χ0n) is 8.25. The lowest BCUT2D eigenvalue weighted by Crippen LogP contribution is -2.25. The van der Waals surface area contributed by atoms with E-state index in [9.17, 15) is 8.78 Å². The Morgan fingerprint density at radius 2 is 2.27 bits per heavy atom. The van der Waals surface area contributed by atoms with Gasteiger partial charge in [0.1, 0.15) is 5.82 Å². The van der Waals surface area contributed by atoms with E-state index in [0.29, 0.717) is 16.4 Å². The van der Waals surface area contributed by atoms with E-state index in [1.807, 2.05) is 0 Å². The van der Waals surface area contributed by atoms with Crippen LogP contribution in [0.4, 0.5) is 14.6 Å². The number of alkyl halides is 2. The standard InChI is InChI=1S/C9H12ClF2N3/c1-15(5-7(11)12)9-8(10)6(4-13)2-3-14-9/h2-3,7H,4-5,13H2,1H3. The first-order valence-corrected chi connectivity index (χ1v) is 4.76. The largest absolute Gasteiger partial charge is 0.353 e. The maximum Gasteiger partial charge on any atom is 0.255 e. The predicted octanol–water partition coefficient (Wildman–Crippen LogP) is 1.89. The third-order valence-corrected chi connectivity index (χ3v) is 2.36. The second kappa shape index (κ2) is 5.23. The Kier molecular flexibility index (Phi) is 4.23. The molecule has 0 saturated carbocycles. The number of anilines is 1. The molecule has 3 nitrogen and oxygen atoms in total. The van der Waals surface area contributed by atoms with Crippen LogP contribution < -0.4 is 10.6 Å². The van der Waals surface area contributed by atoms with Crippen molar-refractivity contribution in [1.29, 1.82) is 0 Å². The number of halogens is 3. The van der Waals surface area contributed by atoms with Crippen LogP contribution in [0, 0.1) is 0 Å². The third kappa shape index (κ3) is 3.00. The number of pyridine rings is 1. The van der Waals surface area contributed by atoms with Crippen molar-refractivity contribution in [3.05, 3.63) is 22.8 Å². The van der Waals surface area contributed by atoms with Crippen molar-refractivity contribution >= 4 is 17.4 Å². The Morgan fingerprint density at radius 3 is 2.80 bits per heavy atom. The average molecular weight is 236 g/mol. The second-order valence-electron chi connectivity index (χ2n) is 3.08. The van der Waals surface area contributed by atoms with E-state index in [1.165, 1.54) is 18.1 Å². The molecule has 1 rings (SSSR count). The summed E-state index contributed by atoms with van der Waals surface area (Å²) in [6.45, 7) is -0.141. The number of hydrogen-bond acceptors (Lipinski definition) is 3. The Hall–Kier alpha value is -0.940. The minimum Gasteiger partial charge on any atom is -0.353 e. The molecular weight excluding hydrogens is 224 g/mol. The first kappa shape index (κ1) is 12.1. The molecule has 0 aliphatic carbocycles.